The summed E-state index contributed by atoms with van der Waals surface area (Å²) in [6, 6.07) is 63.3. The van der Waals surface area contributed by atoms with Gasteiger partial charge in [-0.2, -0.15) is 0 Å². The van der Waals surface area contributed by atoms with E-state index in [9.17, 15) is 0 Å². The van der Waals surface area contributed by atoms with Gasteiger partial charge in [0.15, 0.2) is 5.82 Å². The van der Waals surface area contributed by atoms with Crippen molar-refractivity contribution < 1.29 is 4.42 Å². The van der Waals surface area contributed by atoms with Crippen molar-refractivity contribution in [1.82, 2.24) is 9.97 Å². The molecule has 3 heteroatoms. The van der Waals surface area contributed by atoms with Crippen LogP contribution < -0.4 is 0 Å². The maximum absolute atomic E-state index is 6.47. The van der Waals surface area contributed by atoms with Crippen LogP contribution in [0.1, 0.15) is 0 Å². The van der Waals surface area contributed by atoms with Crippen LogP contribution in [0.25, 0.3) is 89.2 Å². The first-order chi connectivity index (χ1) is 24.3. The minimum absolute atomic E-state index is 0.663. The average Bonchev–Trinajstić information content (AvgIpc) is 3.57. The summed E-state index contributed by atoms with van der Waals surface area (Å²) in [7, 11) is 0. The number of aromatic nitrogens is 2. The summed E-state index contributed by atoms with van der Waals surface area (Å²) in [4.78, 5) is 10.3. The molecule has 0 spiro atoms. The van der Waals surface area contributed by atoms with E-state index in [1.807, 2.05) is 48.5 Å². The van der Waals surface area contributed by atoms with Gasteiger partial charge in [0.05, 0.1) is 11.4 Å². The molecule has 0 fully saturated rings. The van der Waals surface area contributed by atoms with Gasteiger partial charge in [-0.1, -0.05) is 140 Å². The molecule has 9 rings (SSSR count). The molecule has 0 aliphatic rings. The summed E-state index contributed by atoms with van der Waals surface area (Å²) >= 11 is 0. The molecule has 0 amide bonds. The number of furan rings is 1. The van der Waals surface area contributed by atoms with E-state index >= 15 is 0 Å². The van der Waals surface area contributed by atoms with E-state index in [1.54, 1.807) is 0 Å². The predicted octanol–water partition coefficient (Wildman–Crippen LogP) is 12.4. The lowest BCUT2D eigenvalue weighted by atomic mass is 9.92. The Morgan fingerprint density at radius 3 is 1.35 bits per heavy atom. The molecule has 49 heavy (non-hydrogen) atoms. The van der Waals surface area contributed by atoms with Crippen molar-refractivity contribution in [2.45, 2.75) is 0 Å². The molecule has 2 heterocycles. The number of rotatable bonds is 6. The van der Waals surface area contributed by atoms with Gasteiger partial charge in [-0.05, 0) is 75.8 Å². The maximum atomic E-state index is 6.47. The first kappa shape index (κ1) is 28.6. The van der Waals surface area contributed by atoms with Crippen LogP contribution in [-0.2, 0) is 0 Å². The van der Waals surface area contributed by atoms with E-state index in [-0.39, 0.29) is 0 Å². The molecular weight excluding hydrogens is 597 g/mol. The fourth-order valence-corrected chi connectivity index (χ4v) is 6.66. The SMILES string of the molecule is c1ccc(-c2cc(-c3ccccc3)cc(-c3ccc4oc5cccc(-c6nc(-c7ccccc7)cc(-c7ccccc7)n6)c5c4c3)c2)cc1. The second-order valence-corrected chi connectivity index (χ2v) is 12.2. The van der Waals surface area contributed by atoms with Crippen molar-refractivity contribution in [3.05, 3.63) is 182 Å². The van der Waals surface area contributed by atoms with Crippen molar-refractivity contribution in [2.24, 2.45) is 0 Å². The lowest BCUT2D eigenvalue weighted by Gasteiger charge is -2.12. The van der Waals surface area contributed by atoms with Gasteiger partial charge in [0.2, 0.25) is 0 Å². The Labute approximate surface area is 284 Å². The summed E-state index contributed by atoms with van der Waals surface area (Å²) in [5.41, 5.74) is 13.4. The zero-order valence-corrected chi connectivity index (χ0v) is 26.6. The quantitative estimate of drug-likeness (QED) is 0.184. The second-order valence-electron chi connectivity index (χ2n) is 12.2. The van der Waals surface area contributed by atoms with Gasteiger partial charge < -0.3 is 4.42 Å². The van der Waals surface area contributed by atoms with Crippen LogP contribution in [0.4, 0.5) is 0 Å². The molecule has 0 unspecified atom stereocenters. The normalized spacial score (nSPS) is 11.3. The Morgan fingerprint density at radius 2 is 0.816 bits per heavy atom. The van der Waals surface area contributed by atoms with Crippen molar-refractivity contribution in [3.63, 3.8) is 0 Å². The number of hydrogen-bond acceptors (Lipinski definition) is 3. The standard InChI is InChI=1S/C46H30N2O/c1-5-14-31(15-6-1)36-26-37(32-16-7-2-8-17-32)28-38(27-36)35-24-25-43-40(29-35)45-39(22-13-23-44(45)49-43)46-47-41(33-18-9-3-10-19-33)30-42(48-46)34-20-11-4-12-21-34/h1-30H. The molecule has 0 atom stereocenters. The average molecular weight is 627 g/mol. The molecule has 0 N–H and O–H groups in total. The fraction of sp³-hybridized carbons (Fsp3) is 0. The summed E-state index contributed by atoms with van der Waals surface area (Å²) < 4.78 is 6.47. The molecule has 0 aliphatic carbocycles. The van der Waals surface area contributed by atoms with Crippen LogP contribution in [0, 0.1) is 0 Å². The van der Waals surface area contributed by atoms with E-state index in [2.05, 4.69) is 133 Å². The highest BCUT2D eigenvalue weighted by atomic mass is 16.3. The van der Waals surface area contributed by atoms with Crippen molar-refractivity contribution >= 4 is 21.9 Å². The van der Waals surface area contributed by atoms with E-state index in [0.29, 0.717) is 5.82 Å². The minimum Gasteiger partial charge on any atom is -0.456 e. The first-order valence-corrected chi connectivity index (χ1v) is 16.5. The molecule has 7 aromatic carbocycles. The summed E-state index contributed by atoms with van der Waals surface area (Å²) in [5.74, 6) is 0.663. The van der Waals surface area contributed by atoms with Crippen LogP contribution in [0.2, 0.25) is 0 Å². The molecule has 2 aromatic heterocycles. The Morgan fingerprint density at radius 1 is 0.327 bits per heavy atom. The molecule has 0 saturated carbocycles. The summed E-state index contributed by atoms with van der Waals surface area (Å²) in [5, 5.41) is 2.04. The second kappa shape index (κ2) is 12.2. The van der Waals surface area contributed by atoms with Crippen LogP contribution in [-0.4, -0.2) is 9.97 Å². The van der Waals surface area contributed by atoms with Crippen LogP contribution >= 0.6 is 0 Å². The van der Waals surface area contributed by atoms with Gasteiger partial charge in [0.1, 0.15) is 11.2 Å². The monoisotopic (exact) mass is 626 g/mol. The predicted molar refractivity (Wildman–Crippen MR) is 202 cm³/mol. The topological polar surface area (TPSA) is 38.9 Å². The number of fused-ring (bicyclic) bond motifs is 3. The highest BCUT2D eigenvalue weighted by Crippen LogP contribution is 2.40. The largest absolute Gasteiger partial charge is 0.456 e. The molecular formula is C46H30N2O. The molecule has 230 valence electrons. The highest BCUT2D eigenvalue weighted by Gasteiger charge is 2.18. The van der Waals surface area contributed by atoms with Gasteiger partial charge in [0, 0.05) is 27.5 Å². The Hall–Kier alpha value is -6.58. The lowest BCUT2D eigenvalue weighted by molar-refractivity contribution is 0.669. The highest BCUT2D eigenvalue weighted by molar-refractivity contribution is 6.13. The van der Waals surface area contributed by atoms with Crippen molar-refractivity contribution in [1.29, 1.82) is 0 Å². The van der Waals surface area contributed by atoms with E-state index in [0.717, 1.165) is 61.1 Å². The van der Waals surface area contributed by atoms with Crippen LogP contribution in [0.15, 0.2) is 186 Å². The van der Waals surface area contributed by atoms with Gasteiger partial charge in [-0.25, -0.2) is 9.97 Å². The van der Waals surface area contributed by atoms with E-state index in [1.165, 1.54) is 22.3 Å². The van der Waals surface area contributed by atoms with E-state index < -0.39 is 0 Å². The third-order valence-corrected chi connectivity index (χ3v) is 9.08. The zero-order valence-electron chi connectivity index (χ0n) is 26.6. The molecule has 3 nitrogen and oxygen atoms in total. The molecule has 0 radical (unpaired) electrons. The van der Waals surface area contributed by atoms with Gasteiger partial charge >= 0.3 is 0 Å². The van der Waals surface area contributed by atoms with Gasteiger partial charge in [-0.15, -0.1) is 0 Å². The summed E-state index contributed by atoms with van der Waals surface area (Å²) in [6.45, 7) is 0. The minimum atomic E-state index is 0.663. The Balaban J connectivity index is 1.25. The van der Waals surface area contributed by atoms with Crippen molar-refractivity contribution in [3.8, 4) is 67.3 Å². The Bertz CT molecular complexity index is 2460. The molecule has 0 bridgehead atoms. The van der Waals surface area contributed by atoms with E-state index in [4.69, 9.17) is 14.4 Å². The van der Waals surface area contributed by atoms with Crippen molar-refractivity contribution in [2.75, 3.05) is 0 Å². The fourth-order valence-electron chi connectivity index (χ4n) is 6.66. The Kier molecular flexibility index (Phi) is 7.14. The smallest absolute Gasteiger partial charge is 0.161 e. The van der Waals surface area contributed by atoms with Crippen LogP contribution in [0.5, 0.6) is 0 Å². The number of nitrogens with zero attached hydrogens (tertiary/aromatic N) is 2. The summed E-state index contributed by atoms with van der Waals surface area (Å²) in [6.07, 6.45) is 0. The molecule has 9 aromatic rings. The van der Waals surface area contributed by atoms with Gasteiger partial charge in [0.25, 0.3) is 0 Å². The third-order valence-electron chi connectivity index (χ3n) is 9.08. The third kappa shape index (κ3) is 5.48. The molecule has 0 saturated heterocycles. The lowest BCUT2D eigenvalue weighted by Crippen LogP contribution is -1.96. The zero-order chi connectivity index (χ0) is 32.6. The maximum Gasteiger partial charge on any atom is 0.161 e. The first-order valence-electron chi connectivity index (χ1n) is 16.5. The van der Waals surface area contributed by atoms with Crippen LogP contribution in [0.3, 0.4) is 0 Å². The number of benzene rings is 7. The van der Waals surface area contributed by atoms with Gasteiger partial charge in [-0.3, -0.25) is 0 Å². The molecule has 0 aliphatic heterocycles. The number of hydrogen-bond donors (Lipinski definition) is 0.